The summed E-state index contributed by atoms with van der Waals surface area (Å²) in [4.78, 5) is 7.65. The zero-order valence-corrected chi connectivity index (χ0v) is 6.95. The van der Waals surface area contributed by atoms with Crippen LogP contribution in [0.2, 0.25) is 5.15 Å². The number of halogens is 1. The van der Waals surface area contributed by atoms with Crippen LogP contribution in [0.5, 0.6) is 0 Å². The molecule has 0 amide bonds. The fourth-order valence-electron chi connectivity index (χ4n) is 0.898. The van der Waals surface area contributed by atoms with Crippen LogP contribution in [-0.4, -0.2) is 25.0 Å². The van der Waals surface area contributed by atoms with Gasteiger partial charge in [-0.05, 0) is 0 Å². The minimum Gasteiger partial charge on any atom is -0.368 e. The minimum atomic E-state index is 0.123. The molecule has 62 valence electrons. The van der Waals surface area contributed by atoms with Gasteiger partial charge in [0.1, 0.15) is 0 Å². The van der Waals surface area contributed by atoms with Crippen molar-refractivity contribution in [3.63, 3.8) is 0 Å². The van der Waals surface area contributed by atoms with Crippen LogP contribution in [0.15, 0.2) is 0 Å². The first-order valence-electron chi connectivity index (χ1n) is 3.17. The molecule has 0 bridgehead atoms. The summed E-state index contributed by atoms with van der Waals surface area (Å²) in [6, 6.07) is 0. The van der Waals surface area contributed by atoms with E-state index >= 15 is 0 Å². The molecule has 0 radical (unpaired) electrons. The van der Waals surface area contributed by atoms with E-state index in [4.69, 9.17) is 17.3 Å². The first kappa shape index (κ1) is 7.23. The highest BCUT2D eigenvalue weighted by atomic mass is 35.5. The van der Waals surface area contributed by atoms with Gasteiger partial charge in [-0.15, -0.1) is 5.10 Å². The van der Waals surface area contributed by atoms with Crippen molar-refractivity contribution in [2.24, 2.45) is 7.05 Å². The van der Waals surface area contributed by atoms with Gasteiger partial charge in [-0.2, -0.15) is 9.97 Å². The Morgan fingerprint density at radius 2 is 2.17 bits per heavy atom. The number of nitrogens with zero attached hydrogens (tertiary/aromatic N) is 5. The van der Waals surface area contributed by atoms with Crippen molar-refractivity contribution in [2.45, 2.75) is 0 Å². The van der Waals surface area contributed by atoms with Crippen molar-refractivity contribution in [2.75, 3.05) is 5.73 Å². The predicted molar refractivity (Wildman–Crippen MR) is 43.5 cm³/mol. The summed E-state index contributed by atoms with van der Waals surface area (Å²) in [5.74, 6) is 0.123. The Morgan fingerprint density at radius 1 is 1.42 bits per heavy atom. The van der Waals surface area contributed by atoms with Gasteiger partial charge in [-0.3, -0.25) is 0 Å². The molecule has 6 nitrogen and oxygen atoms in total. The zero-order chi connectivity index (χ0) is 8.72. The molecule has 0 unspecified atom stereocenters. The van der Waals surface area contributed by atoms with E-state index < -0.39 is 0 Å². The molecule has 0 aromatic carbocycles. The van der Waals surface area contributed by atoms with E-state index in [1.165, 1.54) is 4.68 Å². The first-order valence-corrected chi connectivity index (χ1v) is 3.54. The monoisotopic (exact) mass is 184 g/mol. The summed E-state index contributed by atoms with van der Waals surface area (Å²) in [6.07, 6.45) is 0. The zero-order valence-electron chi connectivity index (χ0n) is 6.19. The Kier molecular flexibility index (Phi) is 1.37. The molecule has 2 heterocycles. The molecule has 2 N–H and O–H groups in total. The third-order valence-electron chi connectivity index (χ3n) is 1.43. The SMILES string of the molecule is Cn1nnc2c(Cl)nc(N)nc21. The second-order valence-corrected chi connectivity index (χ2v) is 2.62. The highest BCUT2D eigenvalue weighted by Gasteiger charge is 2.08. The van der Waals surface area contributed by atoms with Crippen LogP contribution in [0, 0.1) is 0 Å². The summed E-state index contributed by atoms with van der Waals surface area (Å²) >= 11 is 5.73. The van der Waals surface area contributed by atoms with Gasteiger partial charge in [0.2, 0.25) is 5.95 Å². The highest BCUT2D eigenvalue weighted by molar-refractivity contribution is 6.33. The lowest BCUT2D eigenvalue weighted by Gasteiger charge is -1.94. The van der Waals surface area contributed by atoms with Crippen LogP contribution in [0.1, 0.15) is 0 Å². The molecule has 2 rings (SSSR count). The first-order chi connectivity index (χ1) is 5.68. The molecule has 12 heavy (non-hydrogen) atoms. The molecule has 0 aliphatic heterocycles. The van der Waals surface area contributed by atoms with E-state index in [0.29, 0.717) is 11.2 Å². The van der Waals surface area contributed by atoms with Crippen LogP contribution < -0.4 is 5.73 Å². The van der Waals surface area contributed by atoms with Gasteiger partial charge in [0.05, 0.1) is 0 Å². The molecule has 7 heteroatoms. The van der Waals surface area contributed by atoms with Crippen LogP contribution >= 0.6 is 11.6 Å². The van der Waals surface area contributed by atoms with Gasteiger partial charge in [-0.25, -0.2) is 4.68 Å². The van der Waals surface area contributed by atoms with Crippen LogP contribution in [0.25, 0.3) is 11.2 Å². The van der Waals surface area contributed by atoms with Crippen molar-refractivity contribution in [3.8, 4) is 0 Å². The average molecular weight is 185 g/mol. The lowest BCUT2D eigenvalue weighted by Crippen LogP contribution is -1.98. The molecular weight excluding hydrogens is 180 g/mol. The Balaban J connectivity index is 2.92. The number of aromatic nitrogens is 5. The molecule has 2 aromatic heterocycles. The van der Waals surface area contributed by atoms with E-state index in [9.17, 15) is 0 Å². The number of rotatable bonds is 0. The van der Waals surface area contributed by atoms with Crippen molar-refractivity contribution >= 4 is 28.7 Å². The van der Waals surface area contributed by atoms with Crippen LogP contribution in [0.4, 0.5) is 5.95 Å². The van der Waals surface area contributed by atoms with Crippen molar-refractivity contribution in [1.82, 2.24) is 25.0 Å². The van der Waals surface area contributed by atoms with E-state index in [1.807, 2.05) is 0 Å². The number of nitrogens with two attached hydrogens (primary N) is 1. The standard InChI is InChI=1S/C5H5ClN6/c1-12-4-2(10-11-12)3(6)8-5(7)9-4/h1H3,(H2,7,8,9). The second-order valence-electron chi connectivity index (χ2n) is 2.26. The number of fused-ring (bicyclic) bond motifs is 1. The normalized spacial score (nSPS) is 10.8. The van der Waals surface area contributed by atoms with E-state index in [-0.39, 0.29) is 11.1 Å². The lowest BCUT2D eigenvalue weighted by molar-refractivity contribution is 0.730. The van der Waals surface area contributed by atoms with Crippen molar-refractivity contribution in [3.05, 3.63) is 5.15 Å². The Morgan fingerprint density at radius 3 is 2.92 bits per heavy atom. The molecule has 0 aliphatic carbocycles. The molecule has 0 saturated heterocycles. The van der Waals surface area contributed by atoms with E-state index in [0.717, 1.165) is 0 Å². The molecule has 0 spiro atoms. The number of hydrogen-bond donors (Lipinski definition) is 1. The van der Waals surface area contributed by atoms with Gasteiger partial charge in [0.15, 0.2) is 16.3 Å². The largest absolute Gasteiger partial charge is 0.368 e. The molecule has 0 atom stereocenters. The third kappa shape index (κ3) is 0.884. The maximum Gasteiger partial charge on any atom is 0.223 e. The van der Waals surface area contributed by atoms with E-state index in [1.54, 1.807) is 7.05 Å². The fourth-order valence-corrected chi connectivity index (χ4v) is 1.11. The van der Waals surface area contributed by atoms with Crippen molar-refractivity contribution in [1.29, 1.82) is 0 Å². The number of anilines is 1. The number of aryl methyl sites for hydroxylation is 1. The molecule has 0 aliphatic rings. The predicted octanol–water partition coefficient (Wildman–Crippen LogP) is -0.00610. The second kappa shape index (κ2) is 2.28. The lowest BCUT2D eigenvalue weighted by atomic mass is 10.5. The van der Waals surface area contributed by atoms with Crippen molar-refractivity contribution < 1.29 is 0 Å². The Bertz CT molecular complexity index is 435. The topological polar surface area (TPSA) is 82.5 Å². The molecule has 2 aromatic rings. The smallest absolute Gasteiger partial charge is 0.223 e. The van der Waals surface area contributed by atoms with Gasteiger partial charge in [-0.1, -0.05) is 16.8 Å². The summed E-state index contributed by atoms with van der Waals surface area (Å²) in [7, 11) is 1.71. The summed E-state index contributed by atoms with van der Waals surface area (Å²) in [6.45, 7) is 0. The van der Waals surface area contributed by atoms with Gasteiger partial charge < -0.3 is 5.73 Å². The number of hydrogen-bond acceptors (Lipinski definition) is 5. The highest BCUT2D eigenvalue weighted by Crippen LogP contribution is 2.16. The van der Waals surface area contributed by atoms with Gasteiger partial charge in [0.25, 0.3) is 0 Å². The summed E-state index contributed by atoms with van der Waals surface area (Å²) < 4.78 is 1.49. The molecular formula is C5H5ClN6. The summed E-state index contributed by atoms with van der Waals surface area (Å²) in [5, 5.41) is 7.71. The third-order valence-corrected chi connectivity index (χ3v) is 1.69. The molecule has 0 saturated carbocycles. The van der Waals surface area contributed by atoms with E-state index in [2.05, 4.69) is 20.3 Å². The van der Waals surface area contributed by atoms with Crippen LogP contribution in [0.3, 0.4) is 0 Å². The average Bonchev–Trinajstić information content (AvgIpc) is 2.33. The van der Waals surface area contributed by atoms with Gasteiger partial charge in [0, 0.05) is 7.05 Å². The quantitative estimate of drug-likeness (QED) is 0.583. The molecule has 0 fully saturated rings. The Labute approximate surface area is 72.4 Å². The summed E-state index contributed by atoms with van der Waals surface area (Å²) in [5.41, 5.74) is 6.38. The number of nitrogen functional groups attached to an aromatic ring is 1. The minimum absolute atomic E-state index is 0.123. The Hall–Kier alpha value is -1.43. The fraction of sp³-hybridized carbons (Fsp3) is 0.200. The van der Waals surface area contributed by atoms with Crippen LogP contribution in [-0.2, 0) is 7.05 Å². The van der Waals surface area contributed by atoms with Gasteiger partial charge >= 0.3 is 0 Å². The maximum atomic E-state index is 5.73. The maximum absolute atomic E-state index is 5.73.